The number of nitro benzene ring substituents is 1. The third-order valence-electron chi connectivity index (χ3n) is 3.58. The number of carbonyl (C=O) groups excluding carboxylic acids is 1. The fourth-order valence-electron chi connectivity index (χ4n) is 2.19. The van der Waals surface area contributed by atoms with Gasteiger partial charge in [0, 0.05) is 31.8 Å². The van der Waals surface area contributed by atoms with Crippen molar-refractivity contribution >= 4 is 17.7 Å². The average Bonchev–Trinajstić information content (AvgIpc) is 2.59. The maximum Gasteiger partial charge on any atom is 0.416 e. The summed E-state index contributed by atoms with van der Waals surface area (Å²) in [6, 6.07) is 10.4. The van der Waals surface area contributed by atoms with Gasteiger partial charge in [0.05, 0.1) is 10.5 Å². The van der Waals surface area contributed by atoms with Gasteiger partial charge in [-0.25, -0.2) is 0 Å². The molecule has 0 bridgehead atoms. The van der Waals surface area contributed by atoms with Gasteiger partial charge in [-0.15, -0.1) is 0 Å². The summed E-state index contributed by atoms with van der Waals surface area (Å²) in [5, 5.41) is 10.7. The molecule has 0 saturated heterocycles. The molecule has 8 heteroatoms. The Hall–Kier alpha value is -3.16. The van der Waals surface area contributed by atoms with Crippen LogP contribution < -0.4 is 0 Å². The molecule has 2 aromatic carbocycles. The molecule has 0 unspecified atom stereocenters. The van der Waals surface area contributed by atoms with Crippen LogP contribution >= 0.6 is 0 Å². The van der Waals surface area contributed by atoms with Gasteiger partial charge in [0.1, 0.15) is 0 Å². The molecule has 2 aromatic rings. The average molecular weight is 364 g/mol. The van der Waals surface area contributed by atoms with E-state index in [0.717, 1.165) is 12.1 Å². The van der Waals surface area contributed by atoms with Gasteiger partial charge >= 0.3 is 6.18 Å². The first-order valence-corrected chi connectivity index (χ1v) is 7.50. The number of hydrogen-bond donors (Lipinski definition) is 0. The van der Waals surface area contributed by atoms with Crippen molar-refractivity contribution in [1.29, 1.82) is 0 Å². The third kappa shape index (κ3) is 5.17. The number of rotatable bonds is 5. The Kier molecular flexibility index (Phi) is 5.76. The van der Waals surface area contributed by atoms with Crippen molar-refractivity contribution in [1.82, 2.24) is 4.90 Å². The first-order chi connectivity index (χ1) is 12.2. The van der Waals surface area contributed by atoms with Gasteiger partial charge in [-0.2, -0.15) is 13.2 Å². The second-order valence-corrected chi connectivity index (χ2v) is 5.57. The highest BCUT2D eigenvalue weighted by Gasteiger charge is 2.29. The smallest absolute Gasteiger partial charge is 0.338 e. The number of amides is 1. The Balaban J connectivity index is 2.01. The first-order valence-electron chi connectivity index (χ1n) is 7.50. The molecule has 0 aliphatic heterocycles. The molecule has 0 spiro atoms. The van der Waals surface area contributed by atoms with E-state index >= 15 is 0 Å². The molecule has 0 atom stereocenters. The maximum absolute atomic E-state index is 12.5. The zero-order valence-corrected chi connectivity index (χ0v) is 13.7. The van der Waals surface area contributed by atoms with E-state index in [2.05, 4.69) is 0 Å². The highest BCUT2D eigenvalue weighted by molar-refractivity contribution is 5.91. The second kappa shape index (κ2) is 7.81. The van der Waals surface area contributed by atoms with Gasteiger partial charge in [0.2, 0.25) is 5.91 Å². The Morgan fingerprint density at radius 1 is 1.19 bits per heavy atom. The Morgan fingerprint density at radius 3 is 2.42 bits per heavy atom. The van der Waals surface area contributed by atoms with Crippen molar-refractivity contribution in [3.05, 3.63) is 81.4 Å². The lowest BCUT2D eigenvalue weighted by molar-refractivity contribution is -0.384. The molecule has 0 heterocycles. The van der Waals surface area contributed by atoms with Gasteiger partial charge in [0.15, 0.2) is 0 Å². The zero-order chi connectivity index (χ0) is 19.3. The van der Waals surface area contributed by atoms with E-state index in [1.54, 1.807) is 6.07 Å². The van der Waals surface area contributed by atoms with Crippen LogP contribution in [0.4, 0.5) is 18.9 Å². The maximum atomic E-state index is 12.5. The zero-order valence-electron chi connectivity index (χ0n) is 13.7. The predicted molar refractivity (Wildman–Crippen MR) is 90.0 cm³/mol. The van der Waals surface area contributed by atoms with Crippen LogP contribution in [-0.2, 0) is 17.5 Å². The van der Waals surface area contributed by atoms with Crippen LogP contribution in [0.2, 0.25) is 0 Å². The summed E-state index contributed by atoms with van der Waals surface area (Å²) in [4.78, 5) is 23.6. The first kappa shape index (κ1) is 19.2. The molecule has 0 fully saturated rings. The summed E-state index contributed by atoms with van der Waals surface area (Å²) >= 11 is 0. The highest BCUT2D eigenvalue weighted by atomic mass is 19.4. The molecule has 0 radical (unpaired) electrons. The SMILES string of the molecule is CN(Cc1ccc(C(F)(F)F)cc1)C(=O)/C=C/c1cccc([N+](=O)[O-])c1. The molecule has 5 nitrogen and oxygen atoms in total. The van der Waals surface area contributed by atoms with Gasteiger partial charge in [-0.3, -0.25) is 14.9 Å². The third-order valence-corrected chi connectivity index (χ3v) is 3.58. The van der Waals surface area contributed by atoms with Crippen molar-refractivity contribution in [3.63, 3.8) is 0 Å². The summed E-state index contributed by atoms with van der Waals surface area (Å²) in [6.07, 6.45) is -1.71. The molecule has 0 aliphatic carbocycles. The summed E-state index contributed by atoms with van der Waals surface area (Å²) in [7, 11) is 1.51. The van der Waals surface area contributed by atoms with E-state index in [9.17, 15) is 28.1 Å². The minimum atomic E-state index is -4.40. The van der Waals surface area contributed by atoms with E-state index in [1.807, 2.05) is 0 Å². The fourth-order valence-corrected chi connectivity index (χ4v) is 2.19. The Labute approximate surface area is 147 Å². The number of non-ortho nitro benzene ring substituents is 1. The van der Waals surface area contributed by atoms with E-state index < -0.39 is 16.7 Å². The number of hydrogen-bond acceptors (Lipinski definition) is 3. The summed E-state index contributed by atoms with van der Waals surface area (Å²) < 4.78 is 37.6. The Morgan fingerprint density at radius 2 is 1.85 bits per heavy atom. The largest absolute Gasteiger partial charge is 0.416 e. The molecule has 0 aromatic heterocycles. The molecule has 0 N–H and O–H groups in total. The van der Waals surface area contributed by atoms with E-state index in [0.29, 0.717) is 11.1 Å². The van der Waals surface area contributed by atoms with Crippen LogP contribution in [0.15, 0.2) is 54.6 Å². The van der Waals surface area contributed by atoms with Crippen molar-refractivity contribution in [2.24, 2.45) is 0 Å². The summed E-state index contributed by atoms with van der Waals surface area (Å²) in [5.74, 6) is -0.378. The highest BCUT2D eigenvalue weighted by Crippen LogP contribution is 2.29. The minimum absolute atomic E-state index is 0.0855. The molecule has 26 heavy (non-hydrogen) atoms. The number of nitrogens with zero attached hydrogens (tertiary/aromatic N) is 2. The molecular formula is C18H15F3N2O3. The van der Waals surface area contributed by atoms with Gasteiger partial charge < -0.3 is 4.90 Å². The van der Waals surface area contributed by atoms with E-state index in [-0.39, 0.29) is 18.1 Å². The monoisotopic (exact) mass is 364 g/mol. The van der Waals surface area contributed by atoms with Gasteiger partial charge in [-0.05, 0) is 29.3 Å². The molecule has 2 rings (SSSR count). The number of alkyl halides is 3. The van der Waals surface area contributed by atoms with Crippen molar-refractivity contribution in [2.75, 3.05) is 7.05 Å². The van der Waals surface area contributed by atoms with Crippen LogP contribution in [0, 0.1) is 10.1 Å². The van der Waals surface area contributed by atoms with Gasteiger partial charge in [-0.1, -0.05) is 24.3 Å². The lowest BCUT2D eigenvalue weighted by atomic mass is 10.1. The predicted octanol–water partition coefficient (Wildman–Crippen LogP) is 4.29. The van der Waals surface area contributed by atoms with Crippen molar-refractivity contribution < 1.29 is 22.9 Å². The number of nitro groups is 1. The van der Waals surface area contributed by atoms with Crippen LogP contribution in [0.3, 0.4) is 0 Å². The van der Waals surface area contributed by atoms with Crippen molar-refractivity contribution in [3.8, 4) is 0 Å². The second-order valence-electron chi connectivity index (χ2n) is 5.57. The van der Waals surface area contributed by atoms with Gasteiger partial charge in [0.25, 0.3) is 5.69 Å². The molecular weight excluding hydrogens is 349 g/mol. The lowest BCUT2D eigenvalue weighted by Gasteiger charge is -2.16. The van der Waals surface area contributed by atoms with Crippen molar-refractivity contribution in [2.45, 2.75) is 12.7 Å². The summed E-state index contributed by atoms with van der Waals surface area (Å²) in [6.45, 7) is 0.135. The molecule has 1 amide bonds. The summed E-state index contributed by atoms with van der Waals surface area (Å²) in [5.41, 5.74) is 0.214. The van der Waals surface area contributed by atoms with Crippen LogP contribution in [0.5, 0.6) is 0 Å². The Bertz CT molecular complexity index is 830. The number of halogens is 3. The standard InChI is InChI=1S/C18H15F3N2O3/c1-22(12-14-5-8-15(9-6-14)18(19,20)21)17(24)10-7-13-3-2-4-16(11-13)23(25)26/h2-11H,12H2,1H3/b10-7+. The lowest BCUT2D eigenvalue weighted by Crippen LogP contribution is -2.24. The fraction of sp³-hybridized carbons (Fsp3) is 0.167. The molecule has 0 saturated carbocycles. The quantitative estimate of drug-likeness (QED) is 0.452. The van der Waals surface area contributed by atoms with Crippen LogP contribution in [0.25, 0.3) is 6.08 Å². The van der Waals surface area contributed by atoms with Crippen LogP contribution in [-0.4, -0.2) is 22.8 Å². The molecule has 136 valence electrons. The van der Waals surface area contributed by atoms with E-state index in [1.165, 1.54) is 54.4 Å². The number of likely N-dealkylation sites (N-methyl/N-ethyl adjacent to an activating group) is 1. The number of benzene rings is 2. The van der Waals surface area contributed by atoms with Crippen LogP contribution in [0.1, 0.15) is 16.7 Å². The minimum Gasteiger partial charge on any atom is -0.338 e. The molecule has 0 aliphatic rings. The van der Waals surface area contributed by atoms with E-state index in [4.69, 9.17) is 0 Å². The topological polar surface area (TPSA) is 63.5 Å². The normalized spacial score (nSPS) is 11.5. The number of carbonyl (C=O) groups is 1.